The zero-order valence-corrected chi connectivity index (χ0v) is 9.68. The van der Waals surface area contributed by atoms with Crippen LogP contribution in [0.1, 0.15) is 13.8 Å². The molecule has 0 aromatic heterocycles. The lowest BCUT2D eigenvalue weighted by molar-refractivity contribution is 0.0928. The lowest BCUT2D eigenvalue weighted by Crippen LogP contribution is -2.51. The third-order valence-electron chi connectivity index (χ3n) is 2.66. The van der Waals surface area contributed by atoms with E-state index >= 15 is 0 Å². The van der Waals surface area contributed by atoms with Crippen molar-refractivity contribution < 1.29 is 0 Å². The maximum Gasteiger partial charge on any atom is 0.0195 e. The molecule has 72 valence electrons. The van der Waals surface area contributed by atoms with Crippen LogP contribution in [0.25, 0.3) is 0 Å². The summed E-state index contributed by atoms with van der Waals surface area (Å²) >= 11 is 3.48. The van der Waals surface area contributed by atoms with Crippen LogP contribution in [0.2, 0.25) is 0 Å². The Balaban J connectivity index is 2.30. The molecule has 0 aromatic rings. The van der Waals surface area contributed by atoms with Crippen LogP contribution < -0.4 is 0 Å². The van der Waals surface area contributed by atoms with Gasteiger partial charge in [-0.3, -0.25) is 9.80 Å². The van der Waals surface area contributed by atoms with Crippen LogP contribution in [0.3, 0.4) is 0 Å². The van der Waals surface area contributed by atoms with Gasteiger partial charge >= 0.3 is 0 Å². The molecule has 0 aliphatic carbocycles. The van der Waals surface area contributed by atoms with Gasteiger partial charge in [0.1, 0.15) is 0 Å². The highest BCUT2D eigenvalue weighted by Crippen LogP contribution is 2.08. The molecule has 1 aliphatic rings. The molecule has 1 fully saturated rings. The Morgan fingerprint density at radius 2 is 2.17 bits per heavy atom. The number of likely N-dealkylation sites (N-methyl/N-ethyl adjacent to an activating group) is 1. The van der Waals surface area contributed by atoms with Gasteiger partial charge in [-0.1, -0.05) is 22.9 Å². The molecule has 0 N–H and O–H groups in total. The smallest absolute Gasteiger partial charge is 0.0195 e. The third kappa shape index (κ3) is 2.71. The highest BCUT2D eigenvalue weighted by Gasteiger charge is 2.21. The van der Waals surface area contributed by atoms with E-state index in [1.807, 2.05) is 0 Å². The number of hydrogen-bond donors (Lipinski definition) is 0. The number of halogens is 1. The second-order valence-electron chi connectivity index (χ2n) is 3.47. The SMILES string of the molecule is CCN1CCN(CCBr)CC1C. The zero-order valence-electron chi connectivity index (χ0n) is 8.09. The third-order valence-corrected chi connectivity index (χ3v) is 3.01. The van der Waals surface area contributed by atoms with E-state index < -0.39 is 0 Å². The van der Waals surface area contributed by atoms with Crippen molar-refractivity contribution in [3.05, 3.63) is 0 Å². The van der Waals surface area contributed by atoms with E-state index in [2.05, 4.69) is 39.6 Å². The molecule has 12 heavy (non-hydrogen) atoms. The standard InChI is InChI=1S/C9H19BrN2/c1-3-12-7-6-11(5-4-10)8-9(12)2/h9H,3-8H2,1-2H3. The first-order valence-corrected chi connectivity index (χ1v) is 5.92. The van der Waals surface area contributed by atoms with E-state index in [1.165, 1.54) is 32.7 Å². The lowest BCUT2D eigenvalue weighted by Gasteiger charge is -2.39. The topological polar surface area (TPSA) is 6.48 Å². The second kappa shape index (κ2) is 5.20. The minimum Gasteiger partial charge on any atom is -0.300 e. The summed E-state index contributed by atoms with van der Waals surface area (Å²) in [4.78, 5) is 5.08. The Morgan fingerprint density at radius 1 is 1.42 bits per heavy atom. The van der Waals surface area contributed by atoms with Gasteiger partial charge in [0, 0.05) is 37.6 Å². The fraction of sp³-hybridized carbons (Fsp3) is 1.00. The molecule has 2 nitrogen and oxygen atoms in total. The summed E-state index contributed by atoms with van der Waals surface area (Å²) in [6.45, 7) is 10.7. The Kier molecular flexibility index (Phi) is 4.54. The molecule has 1 heterocycles. The minimum absolute atomic E-state index is 0.739. The number of hydrogen-bond acceptors (Lipinski definition) is 2. The number of alkyl halides is 1. The summed E-state index contributed by atoms with van der Waals surface area (Å²) in [5.41, 5.74) is 0. The van der Waals surface area contributed by atoms with Crippen molar-refractivity contribution in [1.29, 1.82) is 0 Å². The normalized spacial score (nSPS) is 27.8. The fourth-order valence-electron chi connectivity index (χ4n) is 1.86. The van der Waals surface area contributed by atoms with Gasteiger partial charge in [0.05, 0.1) is 0 Å². The zero-order chi connectivity index (χ0) is 8.97. The van der Waals surface area contributed by atoms with Crippen LogP contribution >= 0.6 is 15.9 Å². The van der Waals surface area contributed by atoms with E-state index in [-0.39, 0.29) is 0 Å². The molecule has 0 amide bonds. The van der Waals surface area contributed by atoms with Crippen molar-refractivity contribution in [3.63, 3.8) is 0 Å². The summed E-state index contributed by atoms with van der Waals surface area (Å²) in [5, 5.41) is 1.10. The van der Waals surface area contributed by atoms with E-state index in [4.69, 9.17) is 0 Å². The average molecular weight is 235 g/mol. The van der Waals surface area contributed by atoms with E-state index in [9.17, 15) is 0 Å². The van der Waals surface area contributed by atoms with Gasteiger partial charge in [0.15, 0.2) is 0 Å². The largest absolute Gasteiger partial charge is 0.300 e. The Morgan fingerprint density at radius 3 is 2.67 bits per heavy atom. The minimum atomic E-state index is 0.739. The fourth-order valence-corrected chi connectivity index (χ4v) is 2.36. The molecule has 1 atom stereocenters. The van der Waals surface area contributed by atoms with Gasteiger partial charge < -0.3 is 0 Å². The maximum atomic E-state index is 3.48. The summed E-state index contributed by atoms with van der Waals surface area (Å²) in [6, 6.07) is 0.739. The molecule has 1 unspecified atom stereocenters. The van der Waals surface area contributed by atoms with Crippen molar-refractivity contribution in [2.75, 3.05) is 38.1 Å². The Labute approximate surface area is 84.0 Å². The maximum absolute atomic E-state index is 3.48. The van der Waals surface area contributed by atoms with Gasteiger partial charge in [-0.05, 0) is 13.5 Å². The molecule has 1 saturated heterocycles. The lowest BCUT2D eigenvalue weighted by atomic mass is 10.2. The Hall–Kier alpha value is 0.400. The van der Waals surface area contributed by atoms with Crippen molar-refractivity contribution in [2.45, 2.75) is 19.9 Å². The first-order valence-electron chi connectivity index (χ1n) is 4.80. The van der Waals surface area contributed by atoms with Crippen LogP contribution in [-0.4, -0.2) is 53.9 Å². The number of nitrogens with zero attached hydrogens (tertiary/aromatic N) is 2. The van der Waals surface area contributed by atoms with Gasteiger partial charge in [-0.15, -0.1) is 0 Å². The van der Waals surface area contributed by atoms with Crippen LogP contribution in [0.15, 0.2) is 0 Å². The van der Waals surface area contributed by atoms with Crippen molar-refractivity contribution in [3.8, 4) is 0 Å². The van der Waals surface area contributed by atoms with Crippen molar-refractivity contribution >= 4 is 15.9 Å². The molecule has 0 bridgehead atoms. The molecular formula is C9H19BrN2. The molecule has 0 radical (unpaired) electrons. The van der Waals surface area contributed by atoms with Gasteiger partial charge in [0.2, 0.25) is 0 Å². The molecule has 3 heteroatoms. The van der Waals surface area contributed by atoms with E-state index in [0.29, 0.717) is 0 Å². The van der Waals surface area contributed by atoms with E-state index in [0.717, 1.165) is 11.4 Å². The van der Waals surface area contributed by atoms with Crippen LogP contribution in [0.4, 0.5) is 0 Å². The number of piperazine rings is 1. The van der Waals surface area contributed by atoms with Crippen LogP contribution in [0, 0.1) is 0 Å². The summed E-state index contributed by atoms with van der Waals surface area (Å²) in [7, 11) is 0. The predicted octanol–water partition coefficient (Wildman–Crippen LogP) is 1.41. The molecule has 1 aliphatic heterocycles. The van der Waals surface area contributed by atoms with Crippen molar-refractivity contribution in [1.82, 2.24) is 9.80 Å². The van der Waals surface area contributed by atoms with Gasteiger partial charge in [-0.2, -0.15) is 0 Å². The number of rotatable bonds is 3. The molecular weight excluding hydrogens is 216 g/mol. The van der Waals surface area contributed by atoms with Gasteiger partial charge in [0.25, 0.3) is 0 Å². The first kappa shape index (κ1) is 10.5. The highest BCUT2D eigenvalue weighted by atomic mass is 79.9. The highest BCUT2D eigenvalue weighted by molar-refractivity contribution is 9.09. The van der Waals surface area contributed by atoms with Gasteiger partial charge in [-0.25, -0.2) is 0 Å². The summed E-state index contributed by atoms with van der Waals surface area (Å²) < 4.78 is 0. The van der Waals surface area contributed by atoms with Crippen molar-refractivity contribution in [2.24, 2.45) is 0 Å². The van der Waals surface area contributed by atoms with Crippen LogP contribution in [0.5, 0.6) is 0 Å². The average Bonchev–Trinajstić information content (AvgIpc) is 2.05. The molecule has 0 aromatic carbocycles. The van der Waals surface area contributed by atoms with E-state index in [1.54, 1.807) is 0 Å². The second-order valence-corrected chi connectivity index (χ2v) is 4.26. The summed E-state index contributed by atoms with van der Waals surface area (Å²) in [6.07, 6.45) is 0. The molecule has 0 saturated carbocycles. The quantitative estimate of drug-likeness (QED) is 0.682. The monoisotopic (exact) mass is 234 g/mol. The molecule has 1 rings (SSSR count). The Bertz CT molecular complexity index is 130. The van der Waals surface area contributed by atoms with Crippen LogP contribution in [-0.2, 0) is 0 Å². The summed E-state index contributed by atoms with van der Waals surface area (Å²) in [5.74, 6) is 0. The first-order chi connectivity index (χ1) is 5.77. The molecule has 0 spiro atoms. The predicted molar refractivity (Wildman–Crippen MR) is 56.9 cm³/mol.